The van der Waals surface area contributed by atoms with E-state index in [1.165, 1.54) is 31.7 Å². The molecule has 18 heavy (non-hydrogen) atoms. The van der Waals surface area contributed by atoms with Crippen LogP contribution in [0.15, 0.2) is 12.4 Å². The summed E-state index contributed by atoms with van der Waals surface area (Å²) in [7, 11) is 0. The van der Waals surface area contributed by atoms with Gasteiger partial charge in [-0.15, -0.1) is 0 Å². The molecule has 1 atom stereocenters. The lowest BCUT2D eigenvalue weighted by Crippen LogP contribution is -2.15. The summed E-state index contributed by atoms with van der Waals surface area (Å²) in [5, 5.41) is 7.22. The number of ether oxygens (including phenoxy) is 1. The number of unbranched alkanes of at least 4 members (excludes halogenated alkanes) is 1. The molecular weight excluding hydrogens is 228 g/mol. The average Bonchev–Trinajstić information content (AvgIpc) is 2.39. The van der Waals surface area contributed by atoms with E-state index in [1.54, 1.807) is 0 Å². The third-order valence-electron chi connectivity index (χ3n) is 2.91. The maximum Gasteiger partial charge on any atom is 0.232 e. The summed E-state index contributed by atoms with van der Waals surface area (Å²) in [6.07, 6.45) is 7.72. The van der Waals surface area contributed by atoms with Gasteiger partial charge in [0, 0.05) is 0 Å². The van der Waals surface area contributed by atoms with Crippen molar-refractivity contribution < 1.29 is 4.74 Å². The number of amidine groups is 1. The molecule has 0 aliphatic rings. The molecule has 1 rings (SSSR count). The Labute approximate surface area is 108 Å². The van der Waals surface area contributed by atoms with Crippen molar-refractivity contribution in [2.45, 2.75) is 39.5 Å². The second-order valence-corrected chi connectivity index (χ2v) is 4.38. The van der Waals surface area contributed by atoms with Crippen LogP contribution in [0.2, 0.25) is 0 Å². The first kappa shape index (κ1) is 14.4. The van der Waals surface area contributed by atoms with Gasteiger partial charge in [0.15, 0.2) is 0 Å². The summed E-state index contributed by atoms with van der Waals surface area (Å²) in [6, 6.07) is 0. The van der Waals surface area contributed by atoms with E-state index in [1.807, 2.05) is 0 Å². The Morgan fingerprint density at radius 2 is 2.17 bits per heavy atom. The molecule has 0 saturated carbocycles. The SMILES string of the molecule is CCCCC(CC)COc1cnc(C(=N)N)cn1. The first-order valence-electron chi connectivity index (χ1n) is 6.46. The van der Waals surface area contributed by atoms with E-state index in [4.69, 9.17) is 15.9 Å². The molecule has 1 aromatic heterocycles. The van der Waals surface area contributed by atoms with E-state index < -0.39 is 0 Å². The van der Waals surface area contributed by atoms with E-state index in [-0.39, 0.29) is 5.84 Å². The van der Waals surface area contributed by atoms with Crippen LogP contribution in [0.5, 0.6) is 5.88 Å². The highest BCUT2D eigenvalue weighted by Gasteiger charge is 2.08. The largest absolute Gasteiger partial charge is 0.476 e. The Morgan fingerprint density at radius 1 is 1.39 bits per heavy atom. The van der Waals surface area contributed by atoms with Crippen molar-refractivity contribution in [1.29, 1.82) is 5.41 Å². The van der Waals surface area contributed by atoms with Crippen LogP contribution in [0.3, 0.4) is 0 Å². The van der Waals surface area contributed by atoms with Gasteiger partial charge in [-0.05, 0) is 12.3 Å². The normalized spacial score (nSPS) is 12.1. The highest BCUT2D eigenvalue weighted by Crippen LogP contribution is 2.14. The van der Waals surface area contributed by atoms with Crippen LogP contribution in [0, 0.1) is 11.3 Å². The summed E-state index contributed by atoms with van der Waals surface area (Å²) < 4.78 is 5.61. The Bertz CT molecular complexity index is 364. The molecule has 5 nitrogen and oxygen atoms in total. The first-order chi connectivity index (χ1) is 8.67. The Morgan fingerprint density at radius 3 is 2.67 bits per heavy atom. The van der Waals surface area contributed by atoms with Gasteiger partial charge >= 0.3 is 0 Å². The quantitative estimate of drug-likeness (QED) is 0.548. The van der Waals surface area contributed by atoms with Gasteiger partial charge in [-0.2, -0.15) is 0 Å². The standard InChI is InChI=1S/C13H22N4O/c1-3-5-6-10(4-2)9-18-12-8-16-11(7-17-12)13(14)15/h7-8,10H,3-6,9H2,1-2H3,(H3,14,15). The van der Waals surface area contributed by atoms with Crippen molar-refractivity contribution in [3.63, 3.8) is 0 Å². The Balaban J connectivity index is 2.44. The smallest absolute Gasteiger partial charge is 0.232 e. The molecule has 0 spiro atoms. The number of aromatic nitrogens is 2. The van der Waals surface area contributed by atoms with Gasteiger partial charge in [0.2, 0.25) is 5.88 Å². The second kappa shape index (κ2) is 7.63. The van der Waals surface area contributed by atoms with Crippen molar-refractivity contribution in [1.82, 2.24) is 9.97 Å². The molecule has 1 unspecified atom stereocenters. The van der Waals surface area contributed by atoms with Gasteiger partial charge in [-0.1, -0.05) is 33.1 Å². The summed E-state index contributed by atoms with van der Waals surface area (Å²) in [4.78, 5) is 8.09. The molecule has 0 amide bonds. The van der Waals surface area contributed by atoms with Gasteiger partial charge in [-0.3, -0.25) is 5.41 Å². The Kier molecular flexibility index (Phi) is 6.11. The van der Waals surface area contributed by atoms with Gasteiger partial charge in [0.1, 0.15) is 11.5 Å². The molecule has 0 aliphatic heterocycles. The maximum atomic E-state index is 7.22. The molecule has 100 valence electrons. The third kappa shape index (κ3) is 4.69. The van der Waals surface area contributed by atoms with Gasteiger partial charge in [-0.25, -0.2) is 9.97 Å². The fourth-order valence-electron chi connectivity index (χ4n) is 1.63. The molecular formula is C13H22N4O. The number of nitrogens with zero attached hydrogens (tertiary/aromatic N) is 2. The fourth-order valence-corrected chi connectivity index (χ4v) is 1.63. The van der Waals surface area contributed by atoms with Gasteiger partial charge in [0.25, 0.3) is 0 Å². The van der Waals surface area contributed by atoms with Gasteiger partial charge in [0.05, 0.1) is 19.0 Å². The topological polar surface area (TPSA) is 84.9 Å². The number of nitrogen functional groups attached to an aromatic ring is 1. The van der Waals surface area contributed by atoms with E-state index >= 15 is 0 Å². The highest BCUT2D eigenvalue weighted by molar-refractivity contribution is 5.92. The molecule has 0 aromatic carbocycles. The van der Waals surface area contributed by atoms with Crippen LogP contribution in [0.25, 0.3) is 0 Å². The van der Waals surface area contributed by atoms with E-state index in [9.17, 15) is 0 Å². The van der Waals surface area contributed by atoms with E-state index in [0.717, 1.165) is 6.42 Å². The molecule has 0 saturated heterocycles. The predicted molar refractivity (Wildman–Crippen MR) is 71.8 cm³/mol. The lowest BCUT2D eigenvalue weighted by molar-refractivity contribution is 0.225. The van der Waals surface area contributed by atoms with Crippen molar-refractivity contribution in [2.75, 3.05) is 6.61 Å². The zero-order chi connectivity index (χ0) is 13.4. The zero-order valence-electron chi connectivity index (χ0n) is 11.1. The molecule has 1 aromatic rings. The third-order valence-corrected chi connectivity index (χ3v) is 2.91. The molecule has 5 heteroatoms. The van der Waals surface area contributed by atoms with Crippen LogP contribution in [-0.4, -0.2) is 22.4 Å². The van der Waals surface area contributed by atoms with Crippen LogP contribution in [0.4, 0.5) is 0 Å². The number of hydrogen-bond donors (Lipinski definition) is 2. The number of hydrogen-bond acceptors (Lipinski definition) is 4. The Hall–Kier alpha value is -1.65. The van der Waals surface area contributed by atoms with Crippen LogP contribution in [0.1, 0.15) is 45.2 Å². The number of nitrogens with one attached hydrogen (secondary N) is 1. The van der Waals surface area contributed by atoms with Crippen molar-refractivity contribution in [3.8, 4) is 5.88 Å². The van der Waals surface area contributed by atoms with Crippen LogP contribution >= 0.6 is 0 Å². The van der Waals surface area contributed by atoms with Crippen molar-refractivity contribution >= 4 is 5.84 Å². The minimum Gasteiger partial charge on any atom is -0.476 e. The van der Waals surface area contributed by atoms with E-state index in [2.05, 4.69) is 23.8 Å². The molecule has 3 N–H and O–H groups in total. The fraction of sp³-hybridized carbons (Fsp3) is 0.615. The second-order valence-electron chi connectivity index (χ2n) is 4.38. The molecule has 1 heterocycles. The number of rotatable bonds is 8. The molecule has 0 bridgehead atoms. The minimum atomic E-state index is -0.0802. The summed E-state index contributed by atoms with van der Waals surface area (Å²) in [5.41, 5.74) is 5.68. The molecule has 0 fully saturated rings. The lowest BCUT2D eigenvalue weighted by atomic mass is 10.0. The van der Waals surface area contributed by atoms with E-state index in [0.29, 0.717) is 24.1 Å². The van der Waals surface area contributed by atoms with Crippen molar-refractivity contribution in [3.05, 3.63) is 18.1 Å². The number of nitrogens with two attached hydrogens (primary N) is 1. The average molecular weight is 250 g/mol. The summed E-state index contributed by atoms with van der Waals surface area (Å²) >= 11 is 0. The summed E-state index contributed by atoms with van der Waals surface area (Å²) in [6.45, 7) is 5.04. The first-order valence-corrected chi connectivity index (χ1v) is 6.46. The predicted octanol–water partition coefficient (Wildman–Crippen LogP) is 2.36. The van der Waals surface area contributed by atoms with Crippen LogP contribution < -0.4 is 10.5 Å². The van der Waals surface area contributed by atoms with Gasteiger partial charge < -0.3 is 10.5 Å². The molecule has 0 radical (unpaired) electrons. The van der Waals surface area contributed by atoms with Crippen LogP contribution in [-0.2, 0) is 0 Å². The molecule has 0 aliphatic carbocycles. The maximum absolute atomic E-state index is 7.22. The zero-order valence-corrected chi connectivity index (χ0v) is 11.1. The highest BCUT2D eigenvalue weighted by atomic mass is 16.5. The summed E-state index contributed by atoms with van der Waals surface area (Å²) in [5.74, 6) is 0.984. The lowest BCUT2D eigenvalue weighted by Gasteiger charge is -2.14. The minimum absolute atomic E-state index is 0.0802. The monoisotopic (exact) mass is 250 g/mol. The van der Waals surface area contributed by atoms with Crippen molar-refractivity contribution in [2.24, 2.45) is 11.7 Å².